The van der Waals surface area contributed by atoms with Crippen molar-refractivity contribution in [3.05, 3.63) is 113 Å². The number of fused-ring (bicyclic) bond motifs is 1. The Bertz CT molecular complexity index is 1790. The van der Waals surface area contributed by atoms with E-state index in [-0.39, 0.29) is 23.8 Å². The number of carbonyl (C=O) groups is 1. The van der Waals surface area contributed by atoms with Gasteiger partial charge in [0.15, 0.2) is 11.4 Å². The van der Waals surface area contributed by atoms with Crippen LogP contribution >= 0.6 is 0 Å². The molecule has 0 aliphatic rings. The van der Waals surface area contributed by atoms with E-state index in [0.717, 1.165) is 29.5 Å². The quantitative estimate of drug-likeness (QED) is 0.121. The van der Waals surface area contributed by atoms with Gasteiger partial charge in [0.2, 0.25) is 0 Å². The summed E-state index contributed by atoms with van der Waals surface area (Å²) in [4.78, 5) is 18.0. The molecule has 0 aliphatic heterocycles. The highest BCUT2D eigenvalue weighted by atomic mass is 19.4. The first-order valence-corrected chi connectivity index (χ1v) is 14.5. The molecule has 0 unspecified atom stereocenters. The van der Waals surface area contributed by atoms with E-state index in [9.17, 15) is 22.4 Å². The topological polar surface area (TPSA) is 55.6 Å². The number of pyridine rings is 1. The number of alkyl halides is 3. The number of hydrogen-bond donors (Lipinski definition) is 1. The van der Waals surface area contributed by atoms with E-state index in [1.807, 2.05) is 31.2 Å². The highest BCUT2D eigenvalue weighted by molar-refractivity contribution is 5.99. The van der Waals surface area contributed by atoms with Gasteiger partial charge in [-0.15, -0.1) is 0 Å². The van der Waals surface area contributed by atoms with Crippen LogP contribution in [0.3, 0.4) is 0 Å². The van der Waals surface area contributed by atoms with Crippen molar-refractivity contribution in [3.63, 3.8) is 0 Å². The Labute approximate surface area is 253 Å². The van der Waals surface area contributed by atoms with Crippen LogP contribution in [0, 0.1) is 12.7 Å². The average molecular weight is 604 g/mol. The SMILES string of the molecule is CCc1cccc(CC)c1CC(=O)c1ccc(-c2cnc3c(NCCC(F)(F)F)cc(Oc4cccc(F)c4)cn23)cc1C. The number of ether oxygens (including phenoxy) is 1. The zero-order valence-corrected chi connectivity index (χ0v) is 24.8. The molecule has 0 spiro atoms. The van der Waals surface area contributed by atoms with Gasteiger partial charge in [0.25, 0.3) is 0 Å². The number of Topliss-reactive ketones (excluding diaryl/α,β-unsaturated/α-hetero) is 1. The third-order valence-corrected chi connectivity index (χ3v) is 7.63. The summed E-state index contributed by atoms with van der Waals surface area (Å²) >= 11 is 0. The molecule has 0 saturated heterocycles. The molecular weight excluding hydrogens is 570 g/mol. The fourth-order valence-corrected chi connectivity index (χ4v) is 5.44. The van der Waals surface area contributed by atoms with E-state index in [1.165, 1.54) is 29.3 Å². The van der Waals surface area contributed by atoms with Gasteiger partial charge in [0, 0.05) is 36.2 Å². The fraction of sp³-hybridized carbons (Fsp3) is 0.257. The van der Waals surface area contributed by atoms with Gasteiger partial charge in [-0.2, -0.15) is 13.2 Å². The van der Waals surface area contributed by atoms with Gasteiger partial charge in [0.05, 0.1) is 30.2 Å². The molecular formula is C35H33F4N3O2. The zero-order valence-electron chi connectivity index (χ0n) is 24.8. The van der Waals surface area contributed by atoms with Crippen LogP contribution in [0.15, 0.2) is 79.1 Å². The van der Waals surface area contributed by atoms with E-state index in [4.69, 9.17) is 4.74 Å². The number of carbonyl (C=O) groups excluding carboxylic acids is 1. The highest BCUT2D eigenvalue weighted by Gasteiger charge is 2.26. The van der Waals surface area contributed by atoms with Crippen molar-refractivity contribution >= 4 is 17.1 Å². The summed E-state index contributed by atoms with van der Waals surface area (Å²) in [7, 11) is 0. The second kappa shape index (κ2) is 12.9. The normalized spacial score (nSPS) is 11.6. The molecule has 0 atom stereocenters. The van der Waals surface area contributed by atoms with E-state index in [2.05, 4.69) is 36.3 Å². The molecule has 1 N–H and O–H groups in total. The van der Waals surface area contributed by atoms with Gasteiger partial charge in [-0.1, -0.05) is 50.2 Å². The minimum absolute atomic E-state index is 0.0322. The van der Waals surface area contributed by atoms with Crippen molar-refractivity contribution in [3.8, 4) is 22.8 Å². The van der Waals surface area contributed by atoms with E-state index >= 15 is 0 Å². The largest absolute Gasteiger partial charge is 0.456 e. The summed E-state index contributed by atoms with van der Waals surface area (Å²) in [5.74, 6) is 0.0675. The third kappa shape index (κ3) is 6.93. The molecule has 2 aromatic heterocycles. The second-order valence-electron chi connectivity index (χ2n) is 10.7. The number of anilines is 1. The maximum atomic E-state index is 13.8. The van der Waals surface area contributed by atoms with Gasteiger partial charge in [-0.25, -0.2) is 9.37 Å². The van der Waals surface area contributed by atoms with Crippen LogP contribution in [0.1, 0.15) is 52.9 Å². The van der Waals surface area contributed by atoms with Gasteiger partial charge in [0.1, 0.15) is 17.3 Å². The van der Waals surface area contributed by atoms with Crippen LogP contribution in [0.2, 0.25) is 0 Å². The van der Waals surface area contributed by atoms with E-state index in [0.29, 0.717) is 29.0 Å². The van der Waals surface area contributed by atoms with Crippen molar-refractivity contribution in [1.82, 2.24) is 9.38 Å². The summed E-state index contributed by atoms with van der Waals surface area (Å²) in [6.07, 6.45) is -0.0682. The minimum atomic E-state index is -4.33. The van der Waals surface area contributed by atoms with Crippen LogP contribution in [-0.4, -0.2) is 27.9 Å². The Balaban J connectivity index is 1.49. The standard InChI is InChI=1S/C35H33F4N3O2/c1-4-23-8-6-9-24(5-2)30(23)19-33(43)29-13-12-25(16-22(29)3)32-20-41-34-31(40-15-14-35(37,38)39)18-28(21-42(32)34)44-27-11-7-10-26(36)17-27/h6-13,16-18,20-21,40H,4-5,14-15,19H2,1-3H3. The lowest BCUT2D eigenvalue weighted by atomic mass is 9.90. The number of ketones is 1. The van der Waals surface area contributed by atoms with E-state index < -0.39 is 18.4 Å². The Morgan fingerprint density at radius 2 is 1.68 bits per heavy atom. The number of aryl methyl sites for hydroxylation is 3. The van der Waals surface area contributed by atoms with E-state index in [1.54, 1.807) is 28.9 Å². The molecule has 9 heteroatoms. The van der Waals surface area contributed by atoms with Crippen LogP contribution < -0.4 is 10.1 Å². The third-order valence-electron chi connectivity index (χ3n) is 7.63. The first-order chi connectivity index (χ1) is 21.1. The summed E-state index contributed by atoms with van der Waals surface area (Å²) in [6.45, 7) is 5.70. The fourth-order valence-electron chi connectivity index (χ4n) is 5.44. The van der Waals surface area contributed by atoms with Crippen LogP contribution in [0.4, 0.5) is 23.2 Å². The lowest BCUT2D eigenvalue weighted by molar-refractivity contribution is -0.131. The maximum Gasteiger partial charge on any atom is 0.390 e. The number of aromatic nitrogens is 2. The molecule has 0 radical (unpaired) electrons. The zero-order chi connectivity index (χ0) is 31.4. The molecule has 2 heterocycles. The van der Waals surface area contributed by atoms with Crippen LogP contribution in [0.5, 0.6) is 11.5 Å². The second-order valence-corrected chi connectivity index (χ2v) is 10.7. The molecule has 5 nitrogen and oxygen atoms in total. The lowest BCUT2D eigenvalue weighted by Crippen LogP contribution is -2.15. The summed E-state index contributed by atoms with van der Waals surface area (Å²) in [6, 6.07) is 18.9. The number of imidazole rings is 1. The molecule has 5 rings (SSSR count). The van der Waals surface area contributed by atoms with Gasteiger partial charge >= 0.3 is 6.18 Å². The number of nitrogens with zero attached hydrogens (tertiary/aromatic N) is 2. The number of hydrogen-bond acceptors (Lipinski definition) is 4. The Hall–Kier alpha value is -4.66. The van der Waals surface area contributed by atoms with Crippen molar-refractivity contribution in [2.75, 3.05) is 11.9 Å². The number of rotatable bonds is 11. The molecule has 0 amide bonds. The summed E-state index contributed by atoms with van der Waals surface area (Å²) in [5.41, 5.74) is 7.00. The minimum Gasteiger partial charge on any atom is -0.456 e. The first-order valence-electron chi connectivity index (χ1n) is 14.5. The number of benzene rings is 3. The Morgan fingerprint density at radius 3 is 2.34 bits per heavy atom. The predicted molar refractivity (Wildman–Crippen MR) is 164 cm³/mol. The summed E-state index contributed by atoms with van der Waals surface area (Å²) in [5, 5.41) is 2.82. The average Bonchev–Trinajstić information content (AvgIpc) is 3.40. The molecule has 0 fully saturated rings. The van der Waals surface area contributed by atoms with Crippen LogP contribution in [-0.2, 0) is 19.3 Å². The number of nitrogens with one attached hydrogen (secondary N) is 1. The molecule has 228 valence electrons. The monoisotopic (exact) mass is 603 g/mol. The van der Waals surface area contributed by atoms with Gasteiger partial charge in [-0.05, 0) is 60.2 Å². The molecule has 44 heavy (non-hydrogen) atoms. The summed E-state index contributed by atoms with van der Waals surface area (Å²) < 4.78 is 60.1. The predicted octanol–water partition coefficient (Wildman–Crippen LogP) is 9.16. The maximum absolute atomic E-state index is 13.8. The Morgan fingerprint density at radius 1 is 0.955 bits per heavy atom. The van der Waals surface area contributed by atoms with Crippen molar-refractivity contribution < 1.29 is 27.1 Å². The van der Waals surface area contributed by atoms with Crippen LogP contribution in [0.25, 0.3) is 16.9 Å². The number of halogens is 4. The molecule has 0 aliphatic carbocycles. The van der Waals surface area contributed by atoms with Gasteiger partial charge < -0.3 is 10.1 Å². The van der Waals surface area contributed by atoms with Gasteiger partial charge in [-0.3, -0.25) is 9.20 Å². The lowest BCUT2D eigenvalue weighted by Gasteiger charge is -2.15. The molecule has 0 bridgehead atoms. The molecule has 5 aromatic rings. The highest BCUT2D eigenvalue weighted by Crippen LogP contribution is 2.33. The Kier molecular flexibility index (Phi) is 9.04. The first kappa shape index (κ1) is 30.8. The molecule has 0 saturated carbocycles. The smallest absolute Gasteiger partial charge is 0.390 e. The van der Waals surface area contributed by atoms with Crippen molar-refractivity contribution in [2.45, 2.75) is 52.6 Å². The van der Waals surface area contributed by atoms with Crippen molar-refractivity contribution in [2.24, 2.45) is 0 Å². The van der Waals surface area contributed by atoms with Crippen molar-refractivity contribution in [1.29, 1.82) is 0 Å². The molecule has 3 aromatic carbocycles.